The Balaban J connectivity index is 1.48. The van der Waals surface area contributed by atoms with E-state index >= 15 is 0 Å². The Morgan fingerprint density at radius 1 is 1.14 bits per heavy atom. The maximum atomic E-state index is 13.8. The Kier molecular flexibility index (Phi) is 8.32. The highest BCUT2D eigenvalue weighted by Crippen LogP contribution is 2.33. The summed E-state index contributed by atoms with van der Waals surface area (Å²) in [6.07, 6.45) is 6.89. The van der Waals surface area contributed by atoms with Crippen LogP contribution in [0.15, 0.2) is 41.5 Å². The molecule has 1 aliphatic carbocycles. The molecule has 0 atom stereocenters. The number of rotatable bonds is 8. The van der Waals surface area contributed by atoms with Crippen LogP contribution in [-0.2, 0) is 9.53 Å². The third kappa shape index (κ3) is 5.61. The van der Waals surface area contributed by atoms with E-state index in [2.05, 4.69) is 27.2 Å². The number of amides is 1. The first-order valence-electron chi connectivity index (χ1n) is 14.4. The highest BCUT2D eigenvalue weighted by atomic mass is 16.5. The molecular weight excluding hydrogens is 534 g/mol. The second-order valence-corrected chi connectivity index (χ2v) is 11.0. The van der Waals surface area contributed by atoms with Crippen LogP contribution in [0.25, 0.3) is 22.6 Å². The quantitative estimate of drug-likeness (QED) is 0.243. The van der Waals surface area contributed by atoms with Gasteiger partial charge in [-0.25, -0.2) is 9.48 Å². The fourth-order valence-electron chi connectivity index (χ4n) is 5.36. The molecule has 0 spiro atoms. The molecular formula is C30H37N9O3. The van der Waals surface area contributed by atoms with Crippen molar-refractivity contribution in [2.45, 2.75) is 59.4 Å². The van der Waals surface area contributed by atoms with Crippen LogP contribution in [0.2, 0.25) is 0 Å². The molecule has 1 aliphatic rings. The van der Waals surface area contributed by atoms with Gasteiger partial charge in [0.05, 0.1) is 24.2 Å². The molecule has 5 rings (SSSR count). The summed E-state index contributed by atoms with van der Waals surface area (Å²) in [5.74, 6) is 0.691. The lowest BCUT2D eigenvalue weighted by Gasteiger charge is -2.32. The summed E-state index contributed by atoms with van der Waals surface area (Å²) in [6.45, 7) is 8.08. The number of hydrogen-bond acceptors (Lipinski definition) is 9. The highest BCUT2D eigenvalue weighted by Gasteiger charge is 2.34. The van der Waals surface area contributed by atoms with Crippen LogP contribution in [0.3, 0.4) is 0 Å². The molecule has 1 amide bonds. The van der Waals surface area contributed by atoms with E-state index in [0.717, 1.165) is 31.2 Å². The number of carbonyl (C=O) groups excluding carboxylic acids is 2. The molecule has 0 unspecified atom stereocenters. The Bertz CT molecular complexity index is 1610. The number of nitrogen functional groups attached to an aromatic ring is 1. The predicted octanol–water partition coefficient (Wildman–Crippen LogP) is 4.35. The van der Waals surface area contributed by atoms with Crippen molar-refractivity contribution in [3.05, 3.63) is 47.8 Å². The van der Waals surface area contributed by atoms with Gasteiger partial charge in [0.2, 0.25) is 5.91 Å². The van der Waals surface area contributed by atoms with E-state index in [1.807, 2.05) is 38.1 Å². The molecule has 12 heteroatoms. The average Bonchev–Trinajstić information content (AvgIpc) is 3.61. The SMILES string of the molecule is CCOC(=O)c1cn(-c2ccc(-c3cc4nnc(C=NC)c(N)n4n3)cc2)nc1N(C(=O)C1CCC(C)CC1)C(C)C. The van der Waals surface area contributed by atoms with Crippen molar-refractivity contribution < 1.29 is 14.3 Å². The number of carbonyl (C=O) groups is 2. The van der Waals surface area contributed by atoms with Crippen LogP contribution in [-0.4, -0.2) is 67.4 Å². The van der Waals surface area contributed by atoms with Gasteiger partial charge in [0.1, 0.15) is 11.3 Å². The van der Waals surface area contributed by atoms with Crippen molar-refractivity contribution in [1.29, 1.82) is 0 Å². The van der Waals surface area contributed by atoms with Crippen LogP contribution >= 0.6 is 0 Å². The van der Waals surface area contributed by atoms with Crippen molar-refractivity contribution in [3.63, 3.8) is 0 Å². The zero-order chi connectivity index (χ0) is 30.0. The number of nitrogens with two attached hydrogens (primary N) is 1. The predicted molar refractivity (Wildman–Crippen MR) is 161 cm³/mol. The van der Waals surface area contributed by atoms with Gasteiger partial charge in [-0.15, -0.1) is 15.3 Å². The summed E-state index contributed by atoms with van der Waals surface area (Å²) in [5, 5.41) is 17.7. The van der Waals surface area contributed by atoms with Gasteiger partial charge in [-0.3, -0.25) is 14.7 Å². The largest absolute Gasteiger partial charge is 0.462 e. The molecule has 0 radical (unpaired) electrons. The van der Waals surface area contributed by atoms with Gasteiger partial charge in [-0.05, 0) is 64.5 Å². The third-order valence-electron chi connectivity index (χ3n) is 7.66. The molecule has 42 heavy (non-hydrogen) atoms. The fraction of sp³-hybridized carbons (Fsp3) is 0.433. The highest BCUT2D eigenvalue weighted by molar-refractivity contribution is 6.02. The Morgan fingerprint density at radius 2 is 1.86 bits per heavy atom. The molecule has 220 valence electrons. The number of anilines is 2. The summed E-state index contributed by atoms with van der Waals surface area (Å²) in [6, 6.07) is 9.15. The third-order valence-corrected chi connectivity index (χ3v) is 7.66. The van der Waals surface area contributed by atoms with Crippen LogP contribution in [0.4, 0.5) is 11.6 Å². The lowest BCUT2D eigenvalue weighted by molar-refractivity contribution is -0.124. The van der Waals surface area contributed by atoms with Crippen LogP contribution in [0.5, 0.6) is 0 Å². The van der Waals surface area contributed by atoms with Crippen molar-refractivity contribution in [1.82, 2.24) is 29.6 Å². The first-order valence-corrected chi connectivity index (χ1v) is 14.4. The number of aromatic nitrogens is 6. The number of ether oxygens (including phenoxy) is 1. The van der Waals surface area contributed by atoms with Gasteiger partial charge in [0.15, 0.2) is 17.3 Å². The average molecular weight is 572 g/mol. The van der Waals surface area contributed by atoms with Gasteiger partial charge in [0, 0.05) is 36.8 Å². The topological polar surface area (TPSA) is 146 Å². The maximum Gasteiger partial charge on any atom is 0.343 e. The minimum absolute atomic E-state index is 0.00522. The van der Waals surface area contributed by atoms with E-state index in [4.69, 9.17) is 15.6 Å². The van der Waals surface area contributed by atoms with E-state index in [0.29, 0.717) is 40.3 Å². The summed E-state index contributed by atoms with van der Waals surface area (Å²) < 4.78 is 8.50. The lowest BCUT2D eigenvalue weighted by atomic mass is 9.82. The summed E-state index contributed by atoms with van der Waals surface area (Å²) in [5.41, 5.74) is 9.63. The Morgan fingerprint density at radius 3 is 2.50 bits per heavy atom. The van der Waals surface area contributed by atoms with Crippen molar-refractivity contribution >= 4 is 35.4 Å². The maximum absolute atomic E-state index is 13.8. The minimum Gasteiger partial charge on any atom is -0.462 e. The second-order valence-electron chi connectivity index (χ2n) is 11.0. The van der Waals surface area contributed by atoms with Gasteiger partial charge in [-0.2, -0.15) is 9.61 Å². The van der Waals surface area contributed by atoms with Gasteiger partial charge >= 0.3 is 5.97 Å². The van der Waals surface area contributed by atoms with E-state index in [-0.39, 0.29) is 30.0 Å². The molecule has 3 heterocycles. The molecule has 4 aromatic rings. The number of hydrogen-bond donors (Lipinski definition) is 1. The van der Waals surface area contributed by atoms with E-state index < -0.39 is 5.97 Å². The molecule has 3 aromatic heterocycles. The van der Waals surface area contributed by atoms with Crippen LogP contribution < -0.4 is 10.6 Å². The van der Waals surface area contributed by atoms with Crippen LogP contribution in [0, 0.1) is 11.8 Å². The van der Waals surface area contributed by atoms with Crippen molar-refractivity contribution in [2.24, 2.45) is 16.8 Å². The van der Waals surface area contributed by atoms with E-state index in [9.17, 15) is 9.59 Å². The molecule has 0 saturated heterocycles. The van der Waals surface area contributed by atoms with Crippen molar-refractivity contribution in [2.75, 3.05) is 24.3 Å². The van der Waals surface area contributed by atoms with Crippen LogP contribution in [0.1, 0.15) is 69.4 Å². The molecule has 12 nitrogen and oxygen atoms in total. The standard InChI is InChI=1S/C30H37N9O3/c1-6-42-30(41)23-17-37(36-28(23)38(18(2)3)29(40)21-9-7-19(4)8-10-21)22-13-11-20(12-14-22)24-15-26-34-33-25(16-32-5)27(31)39(26)35-24/h11-19,21H,6-10,31H2,1-5H3. The van der Waals surface area contributed by atoms with Gasteiger partial charge in [0.25, 0.3) is 0 Å². The molecule has 1 fully saturated rings. The number of fused-ring (bicyclic) bond motifs is 1. The zero-order valence-electron chi connectivity index (χ0n) is 24.7. The summed E-state index contributed by atoms with van der Waals surface area (Å²) >= 11 is 0. The normalized spacial score (nSPS) is 17.3. The monoisotopic (exact) mass is 571 g/mol. The molecule has 1 saturated carbocycles. The fourth-order valence-corrected chi connectivity index (χ4v) is 5.36. The minimum atomic E-state index is -0.512. The summed E-state index contributed by atoms with van der Waals surface area (Å²) in [7, 11) is 1.63. The Labute approximate surface area is 244 Å². The summed E-state index contributed by atoms with van der Waals surface area (Å²) in [4.78, 5) is 32.4. The molecule has 0 aliphatic heterocycles. The van der Waals surface area contributed by atoms with Gasteiger partial charge < -0.3 is 10.5 Å². The number of aliphatic imine (C=N–C) groups is 1. The van der Waals surface area contributed by atoms with E-state index in [1.165, 1.54) is 10.7 Å². The first kappa shape index (κ1) is 28.9. The number of benzene rings is 1. The first-order chi connectivity index (χ1) is 20.2. The second kappa shape index (κ2) is 12.1. The number of esters is 1. The Hall–Kier alpha value is -4.61. The lowest BCUT2D eigenvalue weighted by Crippen LogP contribution is -2.43. The molecule has 0 bridgehead atoms. The smallest absolute Gasteiger partial charge is 0.343 e. The van der Waals surface area contributed by atoms with Crippen molar-refractivity contribution in [3.8, 4) is 16.9 Å². The molecule has 2 N–H and O–H groups in total. The van der Waals surface area contributed by atoms with Gasteiger partial charge in [-0.1, -0.05) is 19.1 Å². The zero-order valence-corrected chi connectivity index (χ0v) is 24.7. The molecule has 1 aromatic carbocycles. The number of nitrogens with zero attached hydrogens (tertiary/aromatic N) is 8. The van der Waals surface area contributed by atoms with E-state index in [1.54, 1.807) is 35.8 Å².